The predicted molar refractivity (Wildman–Crippen MR) is 67.8 cm³/mol. The van der Waals surface area contributed by atoms with Crippen molar-refractivity contribution in [3.8, 4) is 0 Å². The van der Waals surface area contributed by atoms with E-state index in [-0.39, 0.29) is 5.54 Å². The highest BCUT2D eigenvalue weighted by Crippen LogP contribution is 2.22. The Morgan fingerprint density at radius 3 is 2.33 bits per heavy atom. The zero-order chi connectivity index (χ0) is 11.6. The molecule has 0 saturated heterocycles. The molecule has 4 heteroatoms. The topological polar surface area (TPSA) is 28.2 Å². The highest BCUT2D eigenvalue weighted by Gasteiger charge is 2.20. The van der Waals surface area contributed by atoms with E-state index in [4.69, 9.17) is 0 Å². The molecule has 0 unspecified atom stereocenters. The van der Waals surface area contributed by atoms with E-state index in [1.807, 2.05) is 6.92 Å². The van der Waals surface area contributed by atoms with Crippen LogP contribution in [0, 0.1) is 13.8 Å². The number of nitrogens with zero attached hydrogens (tertiary/aromatic N) is 2. The third-order valence-corrected chi connectivity index (χ3v) is 3.94. The Balaban J connectivity index is 2.57. The molecule has 3 nitrogen and oxygen atoms in total. The molecular weight excluding hydrogens is 206 g/mol. The summed E-state index contributed by atoms with van der Waals surface area (Å²) in [6.45, 7) is 9.50. The molecule has 1 N–H and O–H groups in total. The quantitative estimate of drug-likeness (QED) is 0.856. The lowest BCUT2D eigenvalue weighted by molar-refractivity contribution is 0.210. The smallest absolute Gasteiger partial charge is 0.183 e. The molecule has 0 radical (unpaired) electrons. The molecule has 0 atom stereocenters. The van der Waals surface area contributed by atoms with Gasteiger partial charge in [-0.3, -0.25) is 0 Å². The van der Waals surface area contributed by atoms with Gasteiger partial charge in [0, 0.05) is 17.0 Å². The van der Waals surface area contributed by atoms with Crippen molar-refractivity contribution in [1.29, 1.82) is 0 Å². The minimum atomic E-state index is 0.146. The number of aryl methyl sites for hydroxylation is 2. The van der Waals surface area contributed by atoms with Gasteiger partial charge in [-0.05, 0) is 41.8 Å². The number of hydrogen-bond acceptors (Lipinski definition) is 4. The molecule has 86 valence electrons. The summed E-state index contributed by atoms with van der Waals surface area (Å²) < 4.78 is 0. The molecule has 1 aromatic rings. The van der Waals surface area contributed by atoms with E-state index >= 15 is 0 Å². The van der Waals surface area contributed by atoms with Gasteiger partial charge in [-0.1, -0.05) is 0 Å². The summed E-state index contributed by atoms with van der Waals surface area (Å²) in [6.07, 6.45) is 0. The SMILES string of the molecule is Cc1nc(NCC(C)(C)N(C)C)sc1C. The van der Waals surface area contributed by atoms with Crippen LogP contribution in [0.25, 0.3) is 0 Å². The number of aromatic nitrogens is 1. The minimum Gasteiger partial charge on any atom is -0.360 e. The molecule has 1 aromatic heterocycles. The Morgan fingerprint density at radius 2 is 1.93 bits per heavy atom. The number of anilines is 1. The Bertz CT molecular complexity index is 309. The van der Waals surface area contributed by atoms with Crippen molar-refractivity contribution >= 4 is 16.5 Å². The summed E-state index contributed by atoms with van der Waals surface area (Å²) in [5.41, 5.74) is 1.28. The van der Waals surface area contributed by atoms with Gasteiger partial charge in [0.25, 0.3) is 0 Å². The number of hydrogen-bond donors (Lipinski definition) is 1. The second-order valence-corrected chi connectivity index (χ2v) is 5.92. The molecule has 0 aromatic carbocycles. The zero-order valence-electron chi connectivity index (χ0n) is 10.5. The fourth-order valence-electron chi connectivity index (χ4n) is 0.998. The maximum atomic E-state index is 4.46. The van der Waals surface area contributed by atoms with Gasteiger partial charge >= 0.3 is 0 Å². The van der Waals surface area contributed by atoms with Crippen LogP contribution in [0.3, 0.4) is 0 Å². The fourth-order valence-corrected chi connectivity index (χ4v) is 1.81. The van der Waals surface area contributed by atoms with Crippen LogP contribution in [-0.2, 0) is 0 Å². The van der Waals surface area contributed by atoms with Gasteiger partial charge in [0.05, 0.1) is 5.69 Å². The molecule has 0 aliphatic carbocycles. The van der Waals surface area contributed by atoms with E-state index in [2.05, 4.69) is 50.1 Å². The van der Waals surface area contributed by atoms with Gasteiger partial charge in [0.1, 0.15) is 0 Å². The van der Waals surface area contributed by atoms with Gasteiger partial charge in [0.2, 0.25) is 0 Å². The maximum Gasteiger partial charge on any atom is 0.183 e. The first-order valence-corrected chi connectivity index (χ1v) is 6.00. The average Bonchev–Trinajstić information content (AvgIpc) is 2.43. The molecule has 0 aliphatic rings. The van der Waals surface area contributed by atoms with E-state index in [1.165, 1.54) is 4.88 Å². The van der Waals surface area contributed by atoms with Crippen molar-refractivity contribution in [2.24, 2.45) is 0 Å². The van der Waals surface area contributed by atoms with Crippen LogP contribution in [0.15, 0.2) is 0 Å². The van der Waals surface area contributed by atoms with Crippen LogP contribution in [-0.4, -0.2) is 36.1 Å². The van der Waals surface area contributed by atoms with Crippen LogP contribution < -0.4 is 5.32 Å². The van der Waals surface area contributed by atoms with Crippen LogP contribution >= 0.6 is 11.3 Å². The maximum absolute atomic E-state index is 4.46. The normalized spacial score (nSPS) is 12.2. The average molecular weight is 227 g/mol. The van der Waals surface area contributed by atoms with Crippen LogP contribution in [0.5, 0.6) is 0 Å². The van der Waals surface area contributed by atoms with Crippen LogP contribution in [0.2, 0.25) is 0 Å². The van der Waals surface area contributed by atoms with Gasteiger partial charge in [-0.25, -0.2) is 4.98 Å². The van der Waals surface area contributed by atoms with Crippen molar-refractivity contribution in [3.05, 3.63) is 10.6 Å². The van der Waals surface area contributed by atoms with Crippen molar-refractivity contribution < 1.29 is 0 Å². The first kappa shape index (κ1) is 12.5. The third-order valence-electron chi connectivity index (χ3n) is 2.91. The molecule has 0 amide bonds. The lowest BCUT2D eigenvalue weighted by atomic mass is 10.1. The predicted octanol–water partition coefficient (Wildman–Crippen LogP) is 2.51. The summed E-state index contributed by atoms with van der Waals surface area (Å²) in [6, 6.07) is 0. The number of rotatable bonds is 4. The van der Waals surface area contributed by atoms with E-state index in [9.17, 15) is 0 Å². The molecular formula is C11H21N3S. The van der Waals surface area contributed by atoms with Crippen molar-refractivity contribution in [2.45, 2.75) is 33.2 Å². The molecule has 0 bridgehead atoms. The third kappa shape index (κ3) is 3.18. The standard InChI is InChI=1S/C11H21N3S/c1-8-9(2)15-10(13-8)12-7-11(3,4)14(5)6/h7H2,1-6H3,(H,12,13). The Hall–Kier alpha value is -0.610. The monoisotopic (exact) mass is 227 g/mol. The Morgan fingerprint density at radius 1 is 1.33 bits per heavy atom. The lowest BCUT2D eigenvalue weighted by Crippen LogP contribution is -2.44. The minimum absolute atomic E-state index is 0.146. The lowest BCUT2D eigenvalue weighted by Gasteiger charge is -2.32. The van der Waals surface area contributed by atoms with Gasteiger partial charge in [0.15, 0.2) is 5.13 Å². The summed E-state index contributed by atoms with van der Waals surface area (Å²) >= 11 is 1.73. The van der Waals surface area contributed by atoms with E-state index in [0.29, 0.717) is 0 Å². The fraction of sp³-hybridized carbons (Fsp3) is 0.727. The summed E-state index contributed by atoms with van der Waals surface area (Å²) in [7, 11) is 4.19. The summed E-state index contributed by atoms with van der Waals surface area (Å²) in [4.78, 5) is 7.97. The van der Waals surface area contributed by atoms with E-state index in [1.54, 1.807) is 11.3 Å². The summed E-state index contributed by atoms with van der Waals surface area (Å²) in [5, 5.41) is 4.42. The second-order valence-electron chi connectivity index (χ2n) is 4.72. The van der Waals surface area contributed by atoms with Gasteiger partial charge in [-0.15, -0.1) is 11.3 Å². The number of thiazole rings is 1. The van der Waals surface area contributed by atoms with E-state index < -0.39 is 0 Å². The van der Waals surface area contributed by atoms with Crippen molar-refractivity contribution in [1.82, 2.24) is 9.88 Å². The van der Waals surface area contributed by atoms with E-state index in [0.717, 1.165) is 17.4 Å². The molecule has 0 spiro atoms. The molecule has 0 fully saturated rings. The number of likely N-dealkylation sites (N-methyl/N-ethyl adjacent to an activating group) is 1. The highest BCUT2D eigenvalue weighted by molar-refractivity contribution is 7.15. The van der Waals surface area contributed by atoms with Crippen LogP contribution in [0.1, 0.15) is 24.4 Å². The van der Waals surface area contributed by atoms with Crippen molar-refractivity contribution in [3.63, 3.8) is 0 Å². The number of nitrogens with one attached hydrogen (secondary N) is 1. The first-order chi connectivity index (χ1) is 6.83. The second kappa shape index (κ2) is 4.49. The van der Waals surface area contributed by atoms with Crippen LogP contribution in [0.4, 0.5) is 5.13 Å². The highest BCUT2D eigenvalue weighted by atomic mass is 32.1. The largest absolute Gasteiger partial charge is 0.360 e. The van der Waals surface area contributed by atoms with Crippen molar-refractivity contribution in [2.75, 3.05) is 26.0 Å². The molecule has 0 saturated carbocycles. The van der Waals surface area contributed by atoms with Gasteiger partial charge in [-0.2, -0.15) is 0 Å². The molecule has 15 heavy (non-hydrogen) atoms. The molecule has 1 heterocycles. The molecule has 1 rings (SSSR count). The molecule has 0 aliphatic heterocycles. The Kier molecular flexibility index (Phi) is 3.73. The summed E-state index contributed by atoms with van der Waals surface area (Å²) in [5.74, 6) is 0. The zero-order valence-corrected chi connectivity index (χ0v) is 11.3. The van der Waals surface area contributed by atoms with Gasteiger partial charge < -0.3 is 10.2 Å². The Labute approximate surface area is 96.5 Å². The first-order valence-electron chi connectivity index (χ1n) is 5.18.